The summed E-state index contributed by atoms with van der Waals surface area (Å²) in [6.45, 7) is 7.12. The van der Waals surface area contributed by atoms with Crippen molar-refractivity contribution < 1.29 is 14.3 Å². The van der Waals surface area contributed by atoms with E-state index in [0.717, 1.165) is 37.6 Å². The first-order chi connectivity index (χ1) is 13.7. The summed E-state index contributed by atoms with van der Waals surface area (Å²) in [5.74, 6) is 0.603. The minimum absolute atomic E-state index is 0.269. The Balaban J connectivity index is 1.54. The number of piperazine rings is 1. The van der Waals surface area contributed by atoms with Crippen LogP contribution in [-0.2, 0) is 9.59 Å². The van der Waals surface area contributed by atoms with Gasteiger partial charge < -0.3 is 19.9 Å². The second-order valence-electron chi connectivity index (χ2n) is 7.21. The molecule has 2 amide bonds. The Morgan fingerprint density at radius 1 is 1.18 bits per heavy atom. The van der Waals surface area contributed by atoms with Crippen LogP contribution < -0.4 is 20.3 Å². The quantitative estimate of drug-likeness (QED) is 0.394. The van der Waals surface area contributed by atoms with Crippen LogP contribution in [0.5, 0.6) is 5.75 Å². The van der Waals surface area contributed by atoms with E-state index in [2.05, 4.69) is 15.5 Å². The number of nitrogens with one attached hydrogen (secondary N) is 2. The molecule has 1 fully saturated rings. The Kier molecular flexibility index (Phi) is 10.4. The number of amides is 2. The SMILES string of the molecule is CN(CCC(=O)NC=O)c1ccc(OCCCCCCN2CCNCC2)cc1. The molecule has 0 atom stereocenters. The highest BCUT2D eigenvalue weighted by Gasteiger charge is 2.08. The number of carbonyl (C=O) groups is 2. The summed E-state index contributed by atoms with van der Waals surface area (Å²) >= 11 is 0. The van der Waals surface area contributed by atoms with Crippen molar-refractivity contribution in [2.24, 2.45) is 0 Å². The van der Waals surface area contributed by atoms with Gasteiger partial charge in [-0.3, -0.25) is 14.9 Å². The zero-order valence-electron chi connectivity index (χ0n) is 17.0. The molecule has 1 aliphatic heterocycles. The van der Waals surface area contributed by atoms with Gasteiger partial charge in [-0.25, -0.2) is 0 Å². The standard InChI is InChI=1S/C21H34N4O3/c1-24(14-10-21(27)23-18-26)19-6-8-20(9-7-19)28-17-5-3-2-4-13-25-15-11-22-12-16-25/h6-9,18,22H,2-5,10-17H2,1H3,(H,23,26,27). The highest BCUT2D eigenvalue weighted by molar-refractivity contribution is 5.86. The molecular formula is C21H34N4O3. The average Bonchev–Trinajstić information content (AvgIpc) is 2.73. The first-order valence-corrected chi connectivity index (χ1v) is 10.3. The summed E-state index contributed by atoms with van der Waals surface area (Å²) in [5, 5.41) is 5.53. The number of imide groups is 1. The van der Waals surface area contributed by atoms with Crippen molar-refractivity contribution in [3.63, 3.8) is 0 Å². The van der Waals surface area contributed by atoms with E-state index in [1.807, 2.05) is 36.2 Å². The van der Waals surface area contributed by atoms with Gasteiger partial charge in [-0.2, -0.15) is 0 Å². The highest BCUT2D eigenvalue weighted by atomic mass is 16.5. The number of nitrogens with zero attached hydrogens (tertiary/aromatic N) is 2. The van der Waals surface area contributed by atoms with Crippen molar-refractivity contribution in [2.75, 3.05) is 57.8 Å². The van der Waals surface area contributed by atoms with Gasteiger partial charge in [0.2, 0.25) is 12.3 Å². The molecule has 0 aromatic heterocycles. The van der Waals surface area contributed by atoms with E-state index in [0.29, 0.717) is 13.0 Å². The maximum absolute atomic E-state index is 11.3. The molecule has 0 aliphatic carbocycles. The average molecular weight is 391 g/mol. The Morgan fingerprint density at radius 3 is 2.61 bits per heavy atom. The molecule has 2 rings (SSSR count). The third-order valence-corrected chi connectivity index (χ3v) is 5.02. The van der Waals surface area contributed by atoms with E-state index >= 15 is 0 Å². The molecular weight excluding hydrogens is 356 g/mol. The fraction of sp³-hybridized carbons (Fsp3) is 0.619. The maximum Gasteiger partial charge on any atom is 0.228 e. The number of hydrogen-bond donors (Lipinski definition) is 2. The zero-order valence-corrected chi connectivity index (χ0v) is 17.0. The van der Waals surface area contributed by atoms with Gasteiger partial charge in [0.25, 0.3) is 0 Å². The number of ether oxygens (including phenoxy) is 1. The normalized spacial score (nSPS) is 14.5. The van der Waals surface area contributed by atoms with E-state index in [4.69, 9.17) is 4.74 Å². The smallest absolute Gasteiger partial charge is 0.228 e. The molecule has 0 radical (unpaired) electrons. The summed E-state index contributed by atoms with van der Waals surface area (Å²) in [4.78, 5) is 26.1. The van der Waals surface area contributed by atoms with Crippen LogP contribution in [0, 0.1) is 0 Å². The van der Waals surface area contributed by atoms with Gasteiger partial charge >= 0.3 is 0 Å². The van der Waals surface area contributed by atoms with Crippen LogP contribution in [-0.4, -0.2) is 70.1 Å². The Morgan fingerprint density at radius 2 is 1.89 bits per heavy atom. The van der Waals surface area contributed by atoms with Crippen LogP contribution in [0.3, 0.4) is 0 Å². The van der Waals surface area contributed by atoms with Crippen LogP contribution in [0.25, 0.3) is 0 Å². The number of benzene rings is 1. The van der Waals surface area contributed by atoms with Gasteiger partial charge in [0.1, 0.15) is 5.75 Å². The van der Waals surface area contributed by atoms with Crippen LogP contribution in [0.15, 0.2) is 24.3 Å². The predicted octanol–water partition coefficient (Wildman–Crippen LogP) is 1.63. The minimum atomic E-state index is -0.269. The van der Waals surface area contributed by atoms with Gasteiger partial charge in [-0.15, -0.1) is 0 Å². The topological polar surface area (TPSA) is 73.9 Å². The van der Waals surface area contributed by atoms with Crippen molar-refractivity contribution in [2.45, 2.75) is 32.1 Å². The molecule has 2 N–H and O–H groups in total. The number of unbranched alkanes of at least 4 members (excludes halogenated alkanes) is 3. The molecule has 7 nitrogen and oxygen atoms in total. The summed E-state index contributed by atoms with van der Waals surface area (Å²) in [7, 11) is 1.92. The molecule has 28 heavy (non-hydrogen) atoms. The third-order valence-electron chi connectivity index (χ3n) is 5.02. The molecule has 1 heterocycles. The largest absolute Gasteiger partial charge is 0.494 e. The van der Waals surface area contributed by atoms with E-state index in [9.17, 15) is 9.59 Å². The summed E-state index contributed by atoms with van der Waals surface area (Å²) in [5.41, 5.74) is 1.01. The first kappa shape index (κ1) is 22.2. The lowest BCUT2D eigenvalue weighted by molar-refractivity contribution is -0.125. The fourth-order valence-electron chi connectivity index (χ4n) is 3.25. The number of hydrogen-bond acceptors (Lipinski definition) is 6. The van der Waals surface area contributed by atoms with Crippen molar-refractivity contribution in [1.29, 1.82) is 0 Å². The van der Waals surface area contributed by atoms with Gasteiger partial charge in [-0.1, -0.05) is 12.8 Å². The van der Waals surface area contributed by atoms with Gasteiger partial charge in [-0.05, 0) is 43.7 Å². The lowest BCUT2D eigenvalue weighted by atomic mass is 10.2. The third kappa shape index (κ3) is 8.71. The predicted molar refractivity (Wildman–Crippen MR) is 112 cm³/mol. The maximum atomic E-state index is 11.3. The van der Waals surface area contributed by atoms with Crippen molar-refractivity contribution in [3.05, 3.63) is 24.3 Å². The molecule has 0 saturated carbocycles. The lowest BCUT2D eigenvalue weighted by Gasteiger charge is -2.27. The monoisotopic (exact) mass is 390 g/mol. The number of rotatable bonds is 13. The Labute approximate surface area is 168 Å². The first-order valence-electron chi connectivity index (χ1n) is 10.3. The molecule has 0 unspecified atom stereocenters. The Bertz CT molecular complexity index is 574. The number of carbonyl (C=O) groups excluding carboxylic acids is 2. The molecule has 7 heteroatoms. The lowest BCUT2D eigenvalue weighted by Crippen LogP contribution is -2.43. The zero-order chi connectivity index (χ0) is 20.0. The van der Waals surface area contributed by atoms with Crippen LogP contribution in [0.1, 0.15) is 32.1 Å². The Hall–Kier alpha value is -2.12. The van der Waals surface area contributed by atoms with Gasteiger partial charge in [0.15, 0.2) is 0 Å². The fourth-order valence-corrected chi connectivity index (χ4v) is 3.25. The van der Waals surface area contributed by atoms with E-state index < -0.39 is 0 Å². The molecule has 1 aromatic carbocycles. The van der Waals surface area contributed by atoms with Crippen LogP contribution in [0.2, 0.25) is 0 Å². The van der Waals surface area contributed by atoms with Crippen molar-refractivity contribution in [1.82, 2.24) is 15.5 Å². The molecule has 1 saturated heterocycles. The van der Waals surface area contributed by atoms with Crippen LogP contribution in [0.4, 0.5) is 5.69 Å². The second-order valence-corrected chi connectivity index (χ2v) is 7.21. The van der Waals surface area contributed by atoms with Crippen LogP contribution >= 0.6 is 0 Å². The molecule has 0 bridgehead atoms. The van der Waals surface area contributed by atoms with E-state index in [1.54, 1.807) is 0 Å². The van der Waals surface area contributed by atoms with Crippen molar-refractivity contribution in [3.8, 4) is 5.75 Å². The summed E-state index contributed by atoms with van der Waals surface area (Å²) < 4.78 is 5.83. The van der Waals surface area contributed by atoms with Gasteiger partial charge in [0, 0.05) is 51.9 Å². The van der Waals surface area contributed by atoms with Gasteiger partial charge in [0.05, 0.1) is 6.61 Å². The van der Waals surface area contributed by atoms with E-state index in [1.165, 1.54) is 38.9 Å². The summed E-state index contributed by atoms with van der Waals surface area (Å²) in [6, 6.07) is 7.89. The molecule has 0 spiro atoms. The van der Waals surface area contributed by atoms with E-state index in [-0.39, 0.29) is 12.3 Å². The second kappa shape index (κ2) is 13.1. The van der Waals surface area contributed by atoms with Crippen molar-refractivity contribution >= 4 is 18.0 Å². The minimum Gasteiger partial charge on any atom is -0.494 e. The summed E-state index contributed by atoms with van der Waals surface area (Å²) in [6.07, 6.45) is 5.51. The molecule has 156 valence electrons. The number of anilines is 1. The highest BCUT2D eigenvalue weighted by Crippen LogP contribution is 2.19. The molecule has 1 aliphatic rings. The molecule has 1 aromatic rings.